The summed E-state index contributed by atoms with van der Waals surface area (Å²) in [6.45, 7) is 2.76. The summed E-state index contributed by atoms with van der Waals surface area (Å²) in [6.07, 6.45) is 0.909. The van der Waals surface area contributed by atoms with Crippen LogP contribution < -0.4 is 10.6 Å². The fraction of sp³-hybridized carbons (Fsp3) is 0.417. The molecule has 0 amide bonds. The van der Waals surface area contributed by atoms with Gasteiger partial charge in [0.15, 0.2) is 0 Å². The molecule has 17 heavy (non-hydrogen) atoms. The Bertz CT molecular complexity index is 499. The Morgan fingerprint density at radius 1 is 1.24 bits per heavy atom. The summed E-state index contributed by atoms with van der Waals surface area (Å²) in [5, 5.41) is 8.29. The number of hydrogen-bond acceptors (Lipinski definition) is 5. The van der Waals surface area contributed by atoms with Crippen LogP contribution in [0, 0.1) is 0 Å². The lowest BCUT2D eigenvalue weighted by molar-refractivity contribution is 0.620. The lowest BCUT2D eigenvalue weighted by atomic mass is 10.2. The maximum absolute atomic E-state index is 5.55. The second-order valence-electron chi connectivity index (χ2n) is 4.14. The molecule has 0 bridgehead atoms. The highest BCUT2D eigenvalue weighted by Gasteiger charge is 2.12. The van der Waals surface area contributed by atoms with Gasteiger partial charge in [-0.15, -0.1) is 10.2 Å². The van der Waals surface area contributed by atoms with Crippen LogP contribution in [0.25, 0.3) is 11.0 Å². The minimum Gasteiger partial charge on any atom is -0.340 e. The highest BCUT2D eigenvalue weighted by atomic mass is 15.3. The number of benzene rings is 1. The molecule has 5 nitrogen and oxygen atoms in total. The maximum atomic E-state index is 5.55. The molecule has 1 unspecified atom stereocenters. The molecule has 1 aromatic carbocycles. The van der Waals surface area contributed by atoms with Gasteiger partial charge < -0.3 is 10.6 Å². The molecule has 0 aliphatic heterocycles. The van der Waals surface area contributed by atoms with Gasteiger partial charge in [0.25, 0.3) is 0 Å². The van der Waals surface area contributed by atoms with E-state index in [1.54, 1.807) is 0 Å². The van der Waals surface area contributed by atoms with Crippen LogP contribution in [0.4, 0.5) is 5.95 Å². The van der Waals surface area contributed by atoms with E-state index >= 15 is 0 Å². The van der Waals surface area contributed by atoms with E-state index in [9.17, 15) is 0 Å². The molecular weight excluding hydrogens is 214 g/mol. The average molecular weight is 231 g/mol. The topological polar surface area (TPSA) is 67.9 Å². The number of hydrogen-bond donors (Lipinski definition) is 1. The van der Waals surface area contributed by atoms with E-state index in [0.29, 0.717) is 18.5 Å². The van der Waals surface area contributed by atoms with Gasteiger partial charge in [-0.25, -0.2) is 4.98 Å². The van der Waals surface area contributed by atoms with Crippen molar-refractivity contribution in [1.82, 2.24) is 15.2 Å². The average Bonchev–Trinajstić information content (AvgIpc) is 2.37. The van der Waals surface area contributed by atoms with Crippen molar-refractivity contribution in [2.75, 3.05) is 18.5 Å². The number of para-hydroxylation sites is 1. The lowest BCUT2D eigenvalue weighted by Crippen LogP contribution is -2.32. The predicted octanol–water partition coefficient (Wildman–Crippen LogP) is 1.20. The molecule has 1 atom stereocenters. The second-order valence-corrected chi connectivity index (χ2v) is 4.14. The Hall–Kier alpha value is -1.75. The van der Waals surface area contributed by atoms with Crippen molar-refractivity contribution in [2.24, 2.45) is 5.73 Å². The minimum atomic E-state index is 0.308. The first-order valence-corrected chi connectivity index (χ1v) is 5.74. The van der Waals surface area contributed by atoms with Gasteiger partial charge in [-0.3, -0.25) is 0 Å². The molecule has 2 N–H and O–H groups in total. The molecule has 0 fully saturated rings. The van der Waals surface area contributed by atoms with Crippen LogP contribution in [0.5, 0.6) is 0 Å². The van der Waals surface area contributed by atoms with Crippen LogP contribution in [0.1, 0.15) is 13.3 Å². The number of aromatic nitrogens is 3. The Labute approximate surface area is 101 Å². The third-order valence-corrected chi connectivity index (χ3v) is 2.91. The van der Waals surface area contributed by atoms with Crippen LogP contribution in [0.15, 0.2) is 24.3 Å². The molecule has 0 radical (unpaired) electrons. The summed E-state index contributed by atoms with van der Waals surface area (Å²) < 4.78 is 0. The van der Waals surface area contributed by atoms with Gasteiger partial charge >= 0.3 is 0 Å². The van der Waals surface area contributed by atoms with Crippen LogP contribution in [-0.4, -0.2) is 34.8 Å². The monoisotopic (exact) mass is 231 g/mol. The third kappa shape index (κ3) is 2.50. The summed E-state index contributed by atoms with van der Waals surface area (Å²) in [7, 11) is 1.96. The third-order valence-electron chi connectivity index (χ3n) is 2.91. The van der Waals surface area contributed by atoms with Gasteiger partial charge in [0, 0.05) is 13.1 Å². The van der Waals surface area contributed by atoms with Gasteiger partial charge in [-0.1, -0.05) is 12.1 Å². The van der Waals surface area contributed by atoms with Crippen molar-refractivity contribution >= 4 is 17.0 Å². The van der Waals surface area contributed by atoms with Crippen molar-refractivity contribution < 1.29 is 0 Å². The fourth-order valence-electron chi connectivity index (χ4n) is 1.65. The summed E-state index contributed by atoms with van der Waals surface area (Å²) in [6, 6.07) is 8.03. The van der Waals surface area contributed by atoms with Crippen molar-refractivity contribution in [2.45, 2.75) is 19.4 Å². The summed E-state index contributed by atoms with van der Waals surface area (Å²) in [5.74, 6) is 0.643. The van der Waals surface area contributed by atoms with Gasteiger partial charge in [0.1, 0.15) is 5.52 Å². The van der Waals surface area contributed by atoms with E-state index in [-0.39, 0.29) is 0 Å². The lowest BCUT2D eigenvalue weighted by Gasteiger charge is -2.23. The minimum absolute atomic E-state index is 0.308. The number of fused-ring (bicyclic) bond motifs is 1. The van der Waals surface area contributed by atoms with Crippen LogP contribution in [0.2, 0.25) is 0 Å². The SMILES string of the molecule is CC(CCN)N(C)c1nnc2ccccc2n1. The van der Waals surface area contributed by atoms with E-state index < -0.39 is 0 Å². The van der Waals surface area contributed by atoms with E-state index in [2.05, 4.69) is 22.1 Å². The van der Waals surface area contributed by atoms with Crippen LogP contribution in [-0.2, 0) is 0 Å². The fourth-order valence-corrected chi connectivity index (χ4v) is 1.65. The van der Waals surface area contributed by atoms with Crippen molar-refractivity contribution in [1.29, 1.82) is 0 Å². The zero-order valence-corrected chi connectivity index (χ0v) is 10.2. The molecule has 2 aromatic rings. The standard InChI is InChI=1S/C12H17N5/c1-9(7-8-13)17(2)12-14-10-5-3-4-6-11(10)15-16-12/h3-6,9H,7-8,13H2,1-2H3. The Kier molecular flexibility index (Phi) is 3.49. The Morgan fingerprint density at radius 3 is 2.65 bits per heavy atom. The molecule has 0 aliphatic carbocycles. The predicted molar refractivity (Wildman–Crippen MR) is 68.9 cm³/mol. The highest BCUT2D eigenvalue weighted by Crippen LogP contribution is 2.13. The van der Waals surface area contributed by atoms with Crippen molar-refractivity contribution in [3.8, 4) is 0 Å². The Morgan fingerprint density at radius 2 is 1.94 bits per heavy atom. The molecule has 2 rings (SSSR count). The number of anilines is 1. The zero-order chi connectivity index (χ0) is 12.3. The molecule has 1 heterocycles. The van der Waals surface area contributed by atoms with E-state index in [4.69, 9.17) is 5.73 Å². The summed E-state index contributed by atoms with van der Waals surface area (Å²) >= 11 is 0. The highest BCUT2D eigenvalue weighted by molar-refractivity contribution is 5.74. The summed E-state index contributed by atoms with van der Waals surface area (Å²) in [5.41, 5.74) is 7.23. The first-order valence-electron chi connectivity index (χ1n) is 5.74. The van der Waals surface area contributed by atoms with E-state index in [1.807, 2.05) is 36.2 Å². The molecule has 5 heteroatoms. The van der Waals surface area contributed by atoms with Crippen molar-refractivity contribution in [3.05, 3.63) is 24.3 Å². The largest absolute Gasteiger partial charge is 0.340 e. The smallest absolute Gasteiger partial charge is 0.245 e. The van der Waals surface area contributed by atoms with Gasteiger partial charge in [0.2, 0.25) is 5.95 Å². The van der Waals surface area contributed by atoms with Gasteiger partial charge in [-0.2, -0.15) is 0 Å². The first kappa shape index (κ1) is 11.7. The summed E-state index contributed by atoms with van der Waals surface area (Å²) in [4.78, 5) is 6.50. The van der Waals surface area contributed by atoms with Gasteiger partial charge in [-0.05, 0) is 32.0 Å². The molecule has 1 aromatic heterocycles. The molecule has 90 valence electrons. The second kappa shape index (κ2) is 5.05. The number of rotatable bonds is 4. The quantitative estimate of drug-likeness (QED) is 0.856. The molecule has 0 aliphatic rings. The molecule has 0 saturated heterocycles. The van der Waals surface area contributed by atoms with Crippen molar-refractivity contribution in [3.63, 3.8) is 0 Å². The van der Waals surface area contributed by atoms with E-state index in [0.717, 1.165) is 17.5 Å². The Balaban J connectivity index is 2.29. The van der Waals surface area contributed by atoms with Crippen LogP contribution in [0.3, 0.4) is 0 Å². The number of nitrogens with zero attached hydrogens (tertiary/aromatic N) is 4. The molecule has 0 spiro atoms. The molecule has 0 saturated carbocycles. The zero-order valence-electron chi connectivity index (χ0n) is 10.2. The normalized spacial score (nSPS) is 12.6. The maximum Gasteiger partial charge on any atom is 0.245 e. The van der Waals surface area contributed by atoms with Crippen LogP contribution >= 0.6 is 0 Å². The molecular formula is C12H17N5. The van der Waals surface area contributed by atoms with E-state index in [1.165, 1.54) is 0 Å². The van der Waals surface area contributed by atoms with Gasteiger partial charge in [0.05, 0.1) is 5.52 Å². The first-order chi connectivity index (χ1) is 8.22. The number of nitrogens with two attached hydrogens (primary N) is 1.